The van der Waals surface area contributed by atoms with Crippen molar-refractivity contribution in [3.05, 3.63) is 63.6 Å². The lowest BCUT2D eigenvalue weighted by Gasteiger charge is -2.10. The molecule has 1 amide bonds. The summed E-state index contributed by atoms with van der Waals surface area (Å²) in [7, 11) is 0. The van der Waals surface area contributed by atoms with Gasteiger partial charge in [-0.3, -0.25) is 10.1 Å². The van der Waals surface area contributed by atoms with E-state index in [4.69, 9.17) is 23.8 Å². The highest BCUT2D eigenvalue weighted by Crippen LogP contribution is 2.20. The summed E-state index contributed by atoms with van der Waals surface area (Å²) in [4.78, 5) is 12.0. The van der Waals surface area contributed by atoms with Gasteiger partial charge in [0.2, 0.25) is 0 Å². The number of thiocarbonyl (C=S) groups is 1. The minimum Gasteiger partial charge on any atom is -0.331 e. The van der Waals surface area contributed by atoms with Crippen molar-refractivity contribution < 1.29 is 4.79 Å². The number of carbonyl (C=O) groups excluding carboxylic acids is 1. The number of amides is 1. The number of carbonyl (C=O) groups is 1. The molecule has 2 aromatic carbocycles. The summed E-state index contributed by atoms with van der Waals surface area (Å²) < 4.78 is 0.908. The Hall–Kier alpha value is -1.43. The largest absolute Gasteiger partial charge is 0.331 e. The van der Waals surface area contributed by atoms with Crippen molar-refractivity contribution in [3.63, 3.8) is 0 Å². The first-order valence-electron chi connectivity index (χ1n) is 5.68. The number of halogens is 2. The predicted octanol–water partition coefficient (Wildman–Crippen LogP) is 4.23. The van der Waals surface area contributed by atoms with Gasteiger partial charge in [-0.25, -0.2) is 0 Å². The Balaban J connectivity index is 2.00. The Labute approximate surface area is 135 Å². The van der Waals surface area contributed by atoms with Crippen LogP contribution in [0.3, 0.4) is 0 Å². The van der Waals surface area contributed by atoms with Crippen molar-refractivity contribution in [2.24, 2.45) is 0 Å². The molecule has 0 saturated carbocycles. The molecule has 6 heteroatoms. The monoisotopic (exact) mass is 368 g/mol. The number of nitrogens with one attached hydrogen (secondary N) is 2. The molecule has 0 bridgehead atoms. The van der Waals surface area contributed by atoms with E-state index in [1.165, 1.54) is 0 Å². The second kappa shape index (κ2) is 6.83. The molecule has 0 aliphatic rings. The summed E-state index contributed by atoms with van der Waals surface area (Å²) in [5.41, 5.74) is 1.17. The second-order valence-electron chi connectivity index (χ2n) is 3.89. The van der Waals surface area contributed by atoms with Gasteiger partial charge < -0.3 is 5.32 Å². The van der Waals surface area contributed by atoms with Gasteiger partial charge in [-0.1, -0.05) is 39.7 Å². The maximum atomic E-state index is 12.0. The SMILES string of the molecule is O=C(NC(=S)Nc1ccccc1Cl)c1ccc(Br)cc1. The normalized spacial score (nSPS) is 9.90. The number of benzene rings is 2. The van der Waals surface area contributed by atoms with Crippen molar-refractivity contribution in [3.8, 4) is 0 Å². The lowest BCUT2D eigenvalue weighted by Crippen LogP contribution is -2.34. The molecule has 0 spiro atoms. The van der Waals surface area contributed by atoms with Crippen molar-refractivity contribution in [1.29, 1.82) is 0 Å². The predicted molar refractivity (Wildman–Crippen MR) is 89.3 cm³/mol. The number of hydrogen-bond acceptors (Lipinski definition) is 2. The molecule has 2 aromatic rings. The van der Waals surface area contributed by atoms with Gasteiger partial charge in [0.1, 0.15) is 0 Å². The van der Waals surface area contributed by atoms with Gasteiger partial charge in [0.25, 0.3) is 5.91 Å². The van der Waals surface area contributed by atoms with Crippen LogP contribution in [0.4, 0.5) is 5.69 Å². The molecule has 0 saturated heterocycles. The third kappa shape index (κ3) is 4.03. The Bertz CT molecular complexity index is 646. The molecule has 0 radical (unpaired) electrons. The average molecular weight is 370 g/mol. The van der Waals surface area contributed by atoms with Crippen molar-refractivity contribution in [1.82, 2.24) is 5.32 Å². The minimum absolute atomic E-state index is 0.200. The molecule has 0 fully saturated rings. The molecule has 0 heterocycles. The summed E-state index contributed by atoms with van der Waals surface area (Å²) in [5.74, 6) is -0.276. The summed E-state index contributed by atoms with van der Waals surface area (Å²) in [6.45, 7) is 0. The Morgan fingerprint density at radius 1 is 1.10 bits per heavy atom. The summed E-state index contributed by atoms with van der Waals surface area (Å²) in [6, 6.07) is 14.2. The quantitative estimate of drug-likeness (QED) is 0.778. The van der Waals surface area contributed by atoms with Crippen LogP contribution in [-0.2, 0) is 0 Å². The molecule has 3 nitrogen and oxygen atoms in total. The molecule has 0 aliphatic heterocycles. The first kappa shape index (κ1) is 15.0. The molecule has 0 aromatic heterocycles. The van der Waals surface area contributed by atoms with Gasteiger partial charge in [-0.15, -0.1) is 0 Å². The maximum absolute atomic E-state index is 12.0. The van der Waals surface area contributed by atoms with Crippen LogP contribution >= 0.6 is 39.7 Å². The van der Waals surface area contributed by atoms with Gasteiger partial charge >= 0.3 is 0 Å². The van der Waals surface area contributed by atoms with E-state index < -0.39 is 0 Å². The van der Waals surface area contributed by atoms with Crippen LogP contribution in [0.5, 0.6) is 0 Å². The van der Waals surface area contributed by atoms with Crippen molar-refractivity contribution in [2.45, 2.75) is 0 Å². The Morgan fingerprint density at radius 2 is 1.75 bits per heavy atom. The molecule has 20 heavy (non-hydrogen) atoms. The molecular weight excluding hydrogens is 360 g/mol. The van der Waals surface area contributed by atoms with Gasteiger partial charge in [-0.05, 0) is 48.6 Å². The molecule has 2 N–H and O–H groups in total. The lowest BCUT2D eigenvalue weighted by molar-refractivity contribution is 0.0977. The number of para-hydroxylation sites is 1. The summed E-state index contributed by atoms with van der Waals surface area (Å²) in [6.07, 6.45) is 0. The first-order valence-corrected chi connectivity index (χ1v) is 7.26. The van der Waals surface area contributed by atoms with E-state index in [-0.39, 0.29) is 11.0 Å². The number of rotatable bonds is 2. The third-order valence-corrected chi connectivity index (χ3v) is 3.52. The van der Waals surface area contributed by atoms with E-state index in [0.29, 0.717) is 16.3 Å². The fraction of sp³-hybridized carbons (Fsp3) is 0. The van der Waals surface area contributed by atoms with Crippen LogP contribution in [0.15, 0.2) is 53.0 Å². The fourth-order valence-corrected chi connectivity index (χ4v) is 2.14. The lowest BCUT2D eigenvalue weighted by atomic mass is 10.2. The van der Waals surface area contributed by atoms with Crippen LogP contribution in [0.25, 0.3) is 0 Å². The van der Waals surface area contributed by atoms with E-state index in [1.54, 1.807) is 36.4 Å². The van der Waals surface area contributed by atoms with Crippen LogP contribution in [0.1, 0.15) is 10.4 Å². The molecule has 0 aliphatic carbocycles. The summed E-state index contributed by atoms with van der Waals surface area (Å²) in [5, 5.41) is 6.21. The van der Waals surface area contributed by atoms with Crippen molar-refractivity contribution in [2.75, 3.05) is 5.32 Å². The molecule has 102 valence electrons. The maximum Gasteiger partial charge on any atom is 0.257 e. The molecule has 2 rings (SSSR count). The Morgan fingerprint density at radius 3 is 2.40 bits per heavy atom. The third-order valence-electron chi connectivity index (χ3n) is 2.46. The zero-order valence-electron chi connectivity index (χ0n) is 10.2. The molecular formula is C14H10BrClN2OS. The minimum atomic E-state index is -0.276. The molecule has 0 atom stereocenters. The number of anilines is 1. The molecule has 0 unspecified atom stereocenters. The fourth-order valence-electron chi connectivity index (χ4n) is 1.49. The highest BCUT2D eigenvalue weighted by molar-refractivity contribution is 9.10. The Kier molecular flexibility index (Phi) is 5.11. The van der Waals surface area contributed by atoms with Crippen LogP contribution in [-0.4, -0.2) is 11.0 Å². The van der Waals surface area contributed by atoms with E-state index >= 15 is 0 Å². The highest BCUT2D eigenvalue weighted by Gasteiger charge is 2.08. The van der Waals surface area contributed by atoms with Crippen LogP contribution in [0.2, 0.25) is 5.02 Å². The van der Waals surface area contributed by atoms with Gasteiger partial charge in [0, 0.05) is 10.0 Å². The van der Waals surface area contributed by atoms with Crippen molar-refractivity contribution >= 4 is 56.5 Å². The highest BCUT2D eigenvalue weighted by atomic mass is 79.9. The van der Waals surface area contributed by atoms with Crippen LogP contribution in [0, 0.1) is 0 Å². The van der Waals surface area contributed by atoms with E-state index in [0.717, 1.165) is 4.47 Å². The summed E-state index contributed by atoms with van der Waals surface area (Å²) >= 11 is 14.4. The average Bonchev–Trinajstić information content (AvgIpc) is 2.42. The van der Waals surface area contributed by atoms with E-state index in [2.05, 4.69) is 26.6 Å². The number of hydrogen-bond donors (Lipinski definition) is 2. The second-order valence-corrected chi connectivity index (χ2v) is 5.63. The zero-order chi connectivity index (χ0) is 14.5. The van der Waals surface area contributed by atoms with E-state index in [9.17, 15) is 4.79 Å². The first-order chi connectivity index (χ1) is 9.56. The zero-order valence-corrected chi connectivity index (χ0v) is 13.3. The van der Waals surface area contributed by atoms with Gasteiger partial charge in [0.15, 0.2) is 5.11 Å². The van der Waals surface area contributed by atoms with Crippen LogP contribution < -0.4 is 10.6 Å². The van der Waals surface area contributed by atoms with Gasteiger partial charge in [-0.2, -0.15) is 0 Å². The van der Waals surface area contributed by atoms with Gasteiger partial charge in [0.05, 0.1) is 10.7 Å². The van der Waals surface area contributed by atoms with E-state index in [1.807, 2.05) is 12.1 Å². The standard InChI is InChI=1S/C14H10BrClN2OS/c15-10-7-5-9(6-8-10)13(19)18-14(20)17-12-4-2-1-3-11(12)16/h1-8H,(H2,17,18,19,20). The smallest absolute Gasteiger partial charge is 0.257 e. The topological polar surface area (TPSA) is 41.1 Å².